The minimum atomic E-state index is 0.561. The number of hydrogen-bond acceptors (Lipinski definition) is 1. The number of hydrogen-bond donors (Lipinski definition) is 1. The Labute approximate surface area is 93.8 Å². The zero-order chi connectivity index (χ0) is 10.1. The molecule has 1 nitrogen and oxygen atoms in total. The molecule has 0 saturated heterocycles. The lowest BCUT2D eigenvalue weighted by Gasteiger charge is -2.29. The molecule has 0 heterocycles. The van der Waals surface area contributed by atoms with Crippen molar-refractivity contribution >= 4 is 15.9 Å². The van der Waals surface area contributed by atoms with E-state index in [1.165, 1.54) is 28.4 Å². The molecule has 1 aliphatic rings. The normalized spacial score (nSPS) is 25.9. The molecule has 2 atom stereocenters. The molecule has 0 aliphatic heterocycles. The molecule has 2 rings (SSSR count). The van der Waals surface area contributed by atoms with E-state index in [-0.39, 0.29) is 0 Å². The van der Waals surface area contributed by atoms with Crippen LogP contribution in [0.25, 0.3) is 0 Å². The maximum absolute atomic E-state index is 5.82. The topological polar surface area (TPSA) is 26.0 Å². The molecule has 2 N–H and O–H groups in total. The summed E-state index contributed by atoms with van der Waals surface area (Å²) in [6, 6.07) is 6.47. The first kappa shape index (κ1) is 10.2. The lowest BCUT2D eigenvalue weighted by atomic mass is 9.78. The van der Waals surface area contributed by atoms with Gasteiger partial charge in [-0.3, -0.25) is 0 Å². The van der Waals surface area contributed by atoms with Crippen molar-refractivity contribution < 1.29 is 0 Å². The van der Waals surface area contributed by atoms with E-state index in [1.807, 2.05) is 0 Å². The second kappa shape index (κ2) is 4.03. The summed E-state index contributed by atoms with van der Waals surface area (Å²) in [6.45, 7) is 3.08. The summed E-state index contributed by atoms with van der Waals surface area (Å²) in [5.74, 6) is 1.32. The first-order valence-corrected chi connectivity index (χ1v) is 5.99. The fourth-order valence-electron chi connectivity index (χ4n) is 2.44. The summed E-state index contributed by atoms with van der Waals surface area (Å²) in [5.41, 5.74) is 8.75. The molecule has 14 heavy (non-hydrogen) atoms. The maximum atomic E-state index is 5.82. The summed E-state index contributed by atoms with van der Waals surface area (Å²) in [6.07, 6.45) is 2.42. The fraction of sp³-hybridized carbons (Fsp3) is 0.500. The molecule has 0 fully saturated rings. The van der Waals surface area contributed by atoms with Crippen molar-refractivity contribution in [2.45, 2.75) is 25.7 Å². The SMILES string of the molecule is CC1Cc2c(Br)cccc2C(CN)C1. The molecule has 0 bridgehead atoms. The highest BCUT2D eigenvalue weighted by Crippen LogP contribution is 2.37. The first-order valence-electron chi connectivity index (χ1n) is 5.19. The Kier molecular flexibility index (Phi) is 2.93. The van der Waals surface area contributed by atoms with Crippen molar-refractivity contribution in [3.05, 3.63) is 33.8 Å². The standard InChI is InChI=1S/C12H16BrN/c1-8-5-9(7-14)10-3-2-4-12(13)11(10)6-8/h2-4,8-9H,5-7,14H2,1H3. The van der Waals surface area contributed by atoms with Gasteiger partial charge in [0, 0.05) is 4.47 Å². The van der Waals surface area contributed by atoms with Crippen molar-refractivity contribution in [2.24, 2.45) is 11.7 Å². The second-order valence-electron chi connectivity index (χ2n) is 4.29. The van der Waals surface area contributed by atoms with E-state index >= 15 is 0 Å². The first-order chi connectivity index (χ1) is 6.72. The highest BCUT2D eigenvalue weighted by molar-refractivity contribution is 9.10. The van der Waals surface area contributed by atoms with E-state index in [9.17, 15) is 0 Å². The van der Waals surface area contributed by atoms with Crippen LogP contribution in [0.3, 0.4) is 0 Å². The van der Waals surface area contributed by atoms with Crippen LogP contribution in [0.4, 0.5) is 0 Å². The van der Waals surface area contributed by atoms with Crippen LogP contribution in [0.5, 0.6) is 0 Å². The van der Waals surface area contributed by atoms with Gasteiger partial charge in [-0.05, 0) is 48.4 Å². The zero-order valence-corrected chi connectivity index (χ0v) is 10.0. The van der Waals surface area contributed by atoms with E-state index in [1.54, 1.807) is 0 Å². The number of nitrogens with two attached hydrogens (primary N) is 1. The van der Waals surface area contributed by atoms with Crippen molar-refractivity contribution in [3.63, 3.8) is 0 Å². The van der Waals surface area contributed by atoms with E-state index in [0.717, 1.165) is 12.5 Å². The van der Waals surface area contributed by atoms with Crippen molar-refractivity contribution in [1.29, 1.82) is 0 Å². The molecule has 1 aliphatic carbocycles. The van der Waals surface area contributed by atoms with Crippen LogP contribution < -0.4 is 5.73 Å². The monoisotopic (exact) mass is 253 g/mol. The summed E-state index contributed by atoms with van der Waals surface area (Å²) in [4.78, 5) is 0. The fourth-order valence-corrected chi connectivity index (χ4v) is 2.98. The number of benzene rings is 1. The Balaban J connectivity index is 2.45. The quantitative estimate of drug-likeness (QED) is 0.818. The summed E-state index contributed by atoms with van der Waals surface area (Å²) in [7, 11) is 0. The molecule has 0 radical (unpaired) electrons. The molecule has 0 amide bonds. The third-order valence-electron chi connectivity index (χ3n) is 3.12. The minimum absolute atomic E-state index is 0.561. The number of fused-ring (bicyclic) bond motifs is 1. The van der Waals surface area contributed by atoms with E-state index in [0.29, 0.717) is 5.92 Å². The lowest BCUT2D eigenvalue weighted by molar-refractivity contribution is 0.435. The molecule has 1 aromatic rings. The van der Waals surface area contributed by atoms with E-state index < -0.39 is 0 Å². The summed E-state index contributed by atoms with van der Waals surface area (Å²) in [5, 5.41) is 0. The van der Waals surface area contributed by atoms with Gasteiger partial charge in [0.25, 0.3) is 0 Å². The molecule has 2 unspecified atom stereocenters. The van der Waals surface area contributed by atoms with Gasteiger partial charge in [-0.25, -0.2) is 0 Å². The van der Waals surface area contributed by atoms with Crippen LogP contribution in [0.15, 0.2) is 22.7 Å². The molecular weight excluding hydrogens is 238 g/mol. The Bertz CT molecular complexity index is 335. The molecular formula is C12H16BrN. The molecule has 76 valence electrons. The average molecular weight is 254 g/mol. The van der Waals surface area contributed by atoms with Crippen molar-refractivity contribution in [3.8, 4) is 0 Å². The van der Waals surface area contributed by atoms with Gasteiger partial charge in [-0.15, -0.1) is 0 Å². The van der Waals surface area contributed by atoms with Crippen LogP contribution in [0.2, 0.25) is 0 Å². The van der Waals surface area contributed by atoms with Crippen LogP contribution in [-0.4, -0.2) is 6.54 Å². The van der Waals surface area contributed by atoms with E-state index in [2.05, 4.69) is 41.1 Å². The third kappa shape index (κ3) is 1.73. The molecule has 1 aromatic carbocycles. The van der Waals surface area contributed by atoms with Crippen molar-refractivity contribution in [2.75, 3.05) is 6.54 Å². The highest BCUT2D eigenvalue weighted by atomic mass is 79.9. The maximum Gasteiger partial charge on any atom is 0.0210 e. The Morgan fingerprint density at radius 1 is 1.50 bits per heavy atom. The summed E-state index contributed by atoms with van der Waals surface area (Å²) >= 11 is 3.63. The molecule has 0 spiro atoms. The predicted molar refractivity (Wildman–Crippen MR) is 63.4 cm³/mol. The van der Waals surface area contributed by atoms with Crippen LogP contribution in [0, 0.1) is 5.92 Å². The van der Waals surface area contributed by atoms with Gasteiger partial charge in [0.1, 0.15) is 0 Å². The smallest absolute Gasteiger partial charge is 0.0210 e. The van der Waals surface area contributed by atoms with Gasteiger partial charge < -0.3 is 5.73 Å². The Morgan fingerprint density at radius 3 is 3.00 bits per heavy atom. The largest absolute Gasteiger partial charge is 0.330 e. The Morgan fingerprint density at radius 2 is 2.29 bits per heavy atom. The highest BCUT2D eigenvalue weighted by Gasteiger charge is 2.24. The average Bonchev–Trinajstić information content (AvgIpc) is 2.18. The van der Waals surface area contributed by atoms with Gasteiger partial charge in [-0.1, -0.05) is 35.0 Å². The van der Waals surface area contributed by atoms with Crippen LogP contribution >= 0.6 is 15.9 Å². The van der Waals surface area contributed by atoms with E-state index in [4.69, 9.17) is 5.73 Å². The van der Waals surface area contributed by atoms with Gasteiger partial charge in [0.05, 0.1) is 0 Å². The van der Waals surface area contributed by atoms with Gasteiger partial charge in [0.15, 0.2) is 0 Å². The Hall–Kier alpha value is -0.340. The van der Waals surface area contributed by atoms with Gasteiger partial charge >= 0.3 is 0 Å². The van der Waals surface area contributed by atoms with Gasteiger partial charge in [0.2, 0.25) is 0 Å². The third-order valence-corrected chi connectivity index (χ3v) is 3.86. The number of rotatable bonds is 1. The second-order valence-corrected chi connectivity index (χ2v) is 5.14. The number of halogens is 1. The minimum Gasteiger partial charge on any atom is -0.330 e. The van der Waals surface area contributed by atoms with Crippen molar-refractivity contribution in [1.82, 2.24) is 0 Å². The zero-order valence-electron chi connectivity index (χ0n) is 8.46. The molecule has 0 saturated carbocycles. The lowest BCUT2D eigenvalue weighted by Crippen LogP contribution is -2.22. The van der Waals surface area contributed by atoms with Crippen LogP contribution in [-0.2, 0) is 6.42 Å². The molecule has 2 heteroatoms. The van der Waals surface area contributed by atoms with Gasteiger partial charge in [-0.2, -0.15) is 0 Å². The predicted octanol–water partition coefficient (Wildman–Crippen LogP) is 3.07. The summed E-state index contributed by atoms with van der Waals surface area (Å²) < 4.78 is 1.25. The molecule has 0 aromatic heterocycles. The van der Waals surface area contributed by atoms with Crippen LogP contribution in [0.1, 0.15) is 30.4 Å².